The van der Waals surface area contributed by atoms with Gasteiger partial charge in [0.1, 0.15) is 5.75 Å². The van der Waals surface area contributed by atoms with Crippen LogP contribution < -0.4 is 10.6 Å². The summed E-state index contributed by atoms with van der Waals surface area (Å²) in [6, 6.07) is 6.01. The average Bonchev–Trinajstić information content (AvgIpc) is 2.67. The quantitative estimate of drug-likeness (QED) is 0.802. The maximum atomic E-state index is 5.22. The van der Waals surface area contributed by atoms with Gasteiger partial charge in [0.2, 0.25) is 0 Å². The molecule has 0 spiro atoms. The van der Waals surface area contributed by atoms with E-state index in [1.807, 2.05) is 18.2 Å². The molecule has 2 rings (SSSR count). The Bertz CT molecular complexity index is 491. The molecule has 1 heterocycles. The van der Waals surface area contributed by atoms with E-state index in [9.17, 15) is 0 Å². The van der Waals surface area contributed by atoms with Crippen molar-refractivity contribution in [3.8, 4) is 5.75 Å². The summed E-state index contributed by atoms with van der Waals surface area (Å²) in [4.78, 5) is 4.71. The lowest BCUT2D eigenvalue weighted by atomic mass is 10.2. The summed E-state index contributed by atoms with van der Waals surface area (Å²) in [6.45, 7) is 3.44. The second-order valence-electron chi connectivity index (χ2n) is 3.63. The first-order chi connectivity index (χ1) is 7.80. The van der Waals surface area contributed by atoms with Crippen LogP contribution in [0, 0.1) is 0 Å². The van der Waals surface area contributed by atoms with Crippen LogP contribution in [-0.2, 0) is 18.0 Å². The lowest BCUT2D eigenvalue weighted by molar-refractivity contribution is 0.125. The molecule has 16 heavy (non-hydrogen) atoms. The molecule has 4 heteroatoms. The Morgan fingerprint density at radius 3 is 2.81 bits per heavy atom. The van der Waals surface area contributed by atoms with Crippen molar-refractivity contribution in [1.82, 2.24) is 4.57 Å². The van der Waals surface area contributed by atoms with Crippen molar-refractivity contribution in [3.05, 3.63) is 30.0 Å². The van der Waals surface area contributed by atoms with Crippen molar-refractivity contribution < 1.29 is 9.57 Å². The second kappa shape index (κ2) is 4.55. The fraction of sp³-hybridized carbons (Fsp3) is 0.333. The maximum Gasteiger partial charge on any atom is 0.120 e. The number of nitrogens with two attached hydrogens (primary N) is 1. The Kier molecular flexibility index (Phi) is 3.12. The predicted molar refractivity (Wildman–Crippen MR) is 63.1 cm³/mol. The zero-order chi connectivity index (χ0) is 11.5. The number of hydrogen-bond acceptors (Lipinski definition) is 3. The molecule has 1 aromatic heterocycles. The third-order valence-electron chi connectivity index (χ3n) is 2.75. The number of ether oxygens (including phenoxy) is 1. The van der Waals surface area contributed by atoms with Crippen molar-refractivity contribution in [2.75, 3.05) is 7.11 Å². The van der Waals surface area contributed by atoms with Crippen LogP contribution in [-0.4, -0.2) is 11.7 Å². The summed E-state index contributed by atoms with van der Waals surface area (Å²) in [5.41, 5.74) is 2.25. The van der Waals surface area contributed by atoms with Gasteiger partial charge in [-0.1, -0.05) is 0 Å². The molecule has 4 nitrogen and oxygen atoms in total. The molecular formula is C12H16N2O2. The minimum absolute atomic E-state index is 0.426. The van der Waals surface area contributed by atoms with Gasteiger partial charge in [-0.05, 0) is 19.1 Å². The molecule has 0 aliphatic rings. The highest BCUT2D eigenvalue weighted by molar-refractivity contribution is 5.85. The Balaban J connectivity index is 2.59. The lowest BCUT2D eigenvalue weighted by Crippen LogP contribution is -1.98. The monoisotopic (exact) mass is 220 g/mol. The number of aryl methyl sites for hydroxylation is 1. The summed E-state index contributed by atoms with van der Waals surface area (Å²) < 4.78 is 7.38. The Labute approximate surface area is 94.5 Å². The van der Waals surface area contributed by atoms with Crippen molar-refractivity contribution in [1.29, 1.82) is 0 Å². The van der Waals surface area contributed by atoms with Gasteiger partial charge in [0, 0.05) is 29.8 Å². The van der Waals surface area contributed by atoms with E-state index in [2.05, 4.69) is 17.7 Å². The van der Waals surface area contributed by atoms with E-state index in [4.69, 9.17) is 15.5 Å². The second-order valence-corrected chi connectivity index (χ2v) is 3.63. The van der Waals surface area contributed by atoms with Crippen LogP contribution in [0.3, 0.4) is 0 Å². The van der Waals surface area contributed by atoms with E-state index < -0.39 is 0 Å². The molecule has 2 aromatic rings. The van der Waals surface area contributed by atoms with Crippen molar-refractivity contribution in [2.24, 2.45) is 5.90 Å². The van der Waals surface area contributed by atoms with E-state index in [1.165, 1.54) is 0 Å². The number of nitrogens with zero attached hydrogens (tertiary/aromatic N) is 1. The normalized spacial score (nSPS) is 10.9. The van der Waals surface area contributed by atoms with Crippen molar-refractivity contribution in [3.63, 3.8) is 0 Å². The molecule has 0 atom stereocenters. The summed E-state index contributed by atoms with van der Waals surface area (Å²) in [5, 5.41) is 1.16. The molecule has 2 N–H and O–H groups in total. The van der Waals surface area contributed by atoms with Crippen molar-refractivity contribution in [2.45, 2.75) is 20.1 Å². The Morgan fingerprint density at radius 2 is 2.19 bits per heavy atom. The standard InChI is InChI=1S/C12H16N2O2/c1-3-14-7-9(8-16-13)11-5-4-10(15-2)6-12(11)14/h4-7H,3,8,13H2,1-2H3. The summed E-state index contributed by atoms with van der Waals surface area (Å²) in [6.07, 6.45) is 2.07. The highest BCUT2D eigenvalue weighted by Crippen LogP contribution is 2.26. The molecule has 0 unspecified atom stereocenters. The molecule has 0 aliphatic heterocycles. The molecule has 0 bridgehead atoms. The third-order valence-corrected chi connectivity index (χ3v) is 2.75. The summed E-state index contributed by atoms with van der Waals surface area (Å²) >= 11 is 0. The molecule has 0 amide bonds. The largest absolute Gasteiger partial charge is 0.497 e. The first-order valence-corrected chi connectivity index (χ1v) is 5.27. The van der Waals surface area contributed by atoms with Gasteiger partial charge in [0.25, 0.3) is 0 Å². The van der Waals surface area contributed by atoms with Gasteiger partial charge in [-0.15, -0.1) is 0 Å². The lowest BCUT2D eigenvalue weighted by Gasteiger charge is -2.03. The fourth-order valence-corrected chi connectivity index (χ4v) is 1.94. The first kappa shape index (κ1) is 11.0. The van der Waals surface area contributed by atoms with E-state index in [-0.39, 0.29) is 0 Å². The van der Waals surface area contributed by atoms with Crippen LogP contribution >= 0.6 is 0 Å². The zero-order valence-corrected chi connectivity index (χ0v) is 9.56. The van der Waals surface area contributed by atoms with E-state index >= 15 is 0 Å². The first-order valence-electron chi connectivity index (χ1n) is 5.27. The van der Waals surface area contributed by atoms with Gasteiger partial charge in [-0.25, -0.2) is 5.90 Å². The van der Waals surface area contributed by atoms with Crippen LogP contribution in [0.4, 0.5) is 0 Å². The number of aromatic nitrogens is 1. The maximum absolute atomic E-state index is 5.22. The smallest absolute Gasteiger partial charge is 0.120 e. The molecule has 0 saturated heterocycles. The third kappa shape index (κ3) is 1.77. The van der Waals surface area contributed by atoms with E-state index in [0.29, 0.717) is 6.61 Å². The van der Waals surface area contributed by atoms with E-state index in [0.717, 1.165) is 28.8 Å². The van der Waals surface area contributed by atoms with E-state index in [1.54, 1.807) is 7.11 Å². The average molecular weight is 220 g/mol. The van der Waals surface area contributed by atoms with Crippen molar-refractivity contribution >= 4 is 10.9 Å². The topological polar surface area (TPSA) is 49.4 Å². The van der Waals surface area contributed by atoms with Crippen LogP contribution in [0.25, 0.3) is 10.9 Å². The highest BCUT2D eigenvalue weighted by atomic mass is 16.6. The number of rotatable bonds is 4. The molecule has 0 saturated carbocycles. The SMILES string of the molecule is CCn1cc(CON)c2ccc(OC)cc21. The van der Waals surface area contributed by atoms with Crippen LogP contribution in [0.2, 0.25) is 0 Å². The minimum Gasteiger partial charge on any atom is -0.497 e. The predicted octanol–water partition coefficient (Wildman–Crippen LogP) is 2.06. The van der Waals surface area contributed by atoms with Gasteiger partial charge in [0.15, 0.2) is 0 Å². The summed E-state index contributed by atoms with van der Waals surface area (Å²) in [5.74, 6) is 5.99. The Morgan fingerprint density at radius 1 is 1.38 bits per heavy atom. The molecule has 0 fully saturated rings. The van der Waals surface area contributed by atoms with Crippen LogP contribution in [0.1, 0.15) is 12.5 Å². The van der Waals surface area contributed by atoms with Gasteiger partial charge in [0.05, 0.1) is 19.2 Å². The molecule has 86 valence electrons. The Hall–Kier alpha value is -1.52. The number of fused-ring (bicyclic) bond motifs is 1. The van der Waals surface area contributed by atoms with Gasteiger partial charge in [-0.3, -0.25) is 4.84 Å². The van der Waals surface area contributed by atoms with Gasteiger partial charge in [-0.2, -0.15) is 0 Å². The number of benzene rings is 1. The number of hydrogen-bond donors (Lipinski definition) is 1. The summed E-state index contributed by atoms with van der Waals surface area (Å²) in [7, 11) is 1.67. The highest BCUT2D eigenvalue weighted by Gasteiger charge is 2.08. The van der Waals surface area contributed by atoms with Crippen LogP contribution in [0.5, 0.6) is 5.75 Å². The zero-order valence-electron chi connectivity index (χ0n) is 9.56. The molecule has 0 radical (unpaired) electrons. The molecule has 0 aliphatic carbocycles. The molecule has 1 aromatic carbocycles. The van der Waals surface area contributed by atoms with Crippen LogP contribution in [0.15, 0.2) is 24.4 Å². The molecular weight excluding hydrogens is 204 g/mol. The van der Waals surface area contributed by atoms with Gasteiger partial charge >= 0.3 is 0 Å². The number of methoxy groups -OCH3 is 1. The minimum atomic E-state index is 0.426. The fourth-order valence-electron chi connectivity index (χ4n) is 1.94. The van der Waals surface area contributed by atoms with Gasteiger partial charge < -0.3 is 9.30 Å².